The van der Waals surface area contributed by atoms with Gasteiger partial charge in [0.15, 0.2) is 0 Å². The monoisotopic (exact) mass is 318 g/mol. The van der Waals surface area contributed by atoms with Crippen molar-refractivity contribution in [2.45, 2.75) is 18.2 Å². The molecule has 0 aliphatic heterocycles. The van der Waals surface area contributed by atoms with Crippen LogP contribution in [0.3, 0.4) is 0 Å². The number of amides is 1. The summed E-state index contributed by atoms with van der Waals surface area (Å²) in [4.78, 5) is 13.3. The third kappa shape index (κ3) is 4.48. The lowest BCUT2D eigenvalue weighted by molar-refractivity contribution is 0.0778. The van der Waals surface area contributed by atoms with Gasteiger partial charge in [-0.1, -0.05) is 0 Å². The fourth-order valence-electron chi connectivity index (χ4n) is 1.92. The summed E-state index contributed by atoms with van der Waals surface area (Å²) in [6.07, 6.45) is 0.620. The molecule has 0 unspecified atom stereocenters. The Bertz CT molecular complexity index is 631. The molecule has 21 heavy (non-hydrogen) atoms. The molecule has 0 fully saturated rings. The van der Waals surface area contributed by atoms with E-state index < -0.39 is 21.7 Å². The Morgan fingerprint density at radius 2 is 2.05 bits per heavy atom. The molecule has 0 saturated carbocycles. The number of primary sulfonamides is 1. The summed E-state index contributed by atoms with van der Waals surface area (Å²) in [7, 11) is -0.982. The molecule has 1 rings (SSSR count). The minimum Gasteiger partial charge on any atom is -0.385 e. The first-order chi connectivity index (χ1) is 9.68. The molecule has 0 aromatic heterocycles. The van der Waals surface area contributed by atoms with Crippen LogP contribution in [0.5, 0.6) is 0 Å². The van der Waals surface area contributed by atoms with Crippen LogP contribution >= 0.6 is 0 Å². The summed E-state index contributed by atoms with van der Waals surface area (Å²) >= 11 is 0. The molecule has 0 aliphatic rings. The van der Waals surface area contributed by atoms with E-state index >= 15 is 0 Å². The highest BCUT2D eigenvalue weighted by atomic mass is 32.2. The van der Waals surface area contributed by atoms with Crippen LogP contribution in [-0.2, 0) is 14.8 Å². The van der Waals surface area contributed by atoms with Crippen molar-refractivity contribution in [3.8, 4) is 0 Å². The molecule has 0 atom stereocenters. The summed E-state index contributed by atoms with van der Waals surface area (Å²) < 4.78 is 41.3. The van der Waals surface area contributed by atoms with E-state index in [1.165, 1.54) is 11.8 Å². The molecule has 1 aromatic rings. The van der Waals surface area contributed by atoms with Gasteiger partial charge in [-0.2, -0.15) is 0 Å². The number of methoxy groups -OCH3 is 1. The third-order valence-electron chi connectivity index (χ3n) is 3.05. The van der Waals surface area contributed by atoms with E-state index in [4.69, 9.17) is 9.88 Å². The number of carbonyl (C=O) groups excluding carboxylic acids is 1. The highest BCUT2D eigenvalue weighted by molar-refractivity contribution is 7.89. The topological polar surface area (TPSA) is 89.7 Å². The fourth-order valence-corrected chi connectivity index (χ4v) is 2.74. The van der Waals surface area contributed by atoms with E-state index in [9.17, 15) is 17.6 Å². The zero-order valence-corrected chi connectivity index (χ0v) is 13.0. The highest BCUT2D eigenvalue weighted by Crippen LogP contribution is 2.21. The second-order valence-corrected chi connectivity index (χ2v) is 6.22. The molecule has 0 saturated heterocycles. The molecule has 0 radical (unpaired) electrons. The second kappa shape index (κ2) is 6.97. The highest BCUT2D eigenvalue weighted by Gasteiger charge is 2.21. The predicted octanol–water partition coefficient (Wildman–Crippen LogP) is 0.890. The summed E-state index contributed by atoms with van der Waals surface area (Å²) in [5, 5.41) is 5.03. The SMILES string of the molecule is COCCCN(C)C(=O)c1cc(F)cc(S(N)(=O)=O)c1C. The molecule has 6 nitrogen and oxygen atoms in total. The molecular weight excluding hydrogens is 299 g/mol. The molecule has 8 heteroatoms. The van der Waals surface area contributed by atoms with Gasteiger partial charge in [-0.25, -0.2) is 17.9 Å². The Labute approximate surface area is 123 Å². The van der Waals surface area contributed by atoms with Gasteiger partial charge in [0.1, 0.15) is 5.82 Å². The first-order valence-electron chi connectivity index (χ1n) is 6.25. The average molecular weight is 318 g/mol. The lowest BCUT2D eigenvalue weighted by atomic mass is 10.1. The van der Waals surface area contributed by atoms with Crippen molar-refractivity contribution in [2.24, 2.45) is 5.14 Å². The number of hydrogen-bond donors (Lipinski definition) is 1. The van der Waals surface area contributed by atoms with Gasteiger partial charge >= 0.3 is 0 Å². The van der Waals surface area contributed by atoms with Crippen LogP contribution in [0.2, 0.25) is 0 Å². The molecule has 2 N–H and O–H groups in total. The van der Waals surface area contributed by atoms with Crippen molar-refractivity contribution in [3.63, 3.8) is 0 Å². The van der Waals surface area contributed by atoms with Gasteiger partial charge in [0, 0.05) is 32.9 Å². The number of hydrogen-bond acceptors (Lipinski definition) is 4. The number of benzene rings is 1. The van der Waals surface area contributed by atoms with Gasteiger partial charge < -0.3 is 9.64 Å². The smallest absolute Gasteiger partial charge is 0.254 e. The van der Waals surface area contributed by atoms with Crippen LogP contribution in [0.4, 0.5) is 4.39 Å². The van der Waals surface area contributed by atoms with Gasteiger partial charge in [0.25, 0.3) is 5.91 Å². The van der Waals surface area contributed by atoms with Gasteiger partial charge in [0.2, 0.25) is 10.0 Å². The second-order valence-electron chi connectivity index (χ2n) is 4.69. The Balaban J connectivity index is 3.13. The lowest BCUT2D eigenvalue weighted by Gasteiger charge is -2.19. The molecule has 118 valence electrons. The van der Waals surface area contributed by atoms with E-state index in [0.29, 0.717) is 19.6 Å². The zero-order chi connectivity index (χ0) is 16.2. The summed E-state index contributed by atoms with van der Waals surface area (Å²) in [5.41, 5.74) is 0.126. The normalized spacial score (nSPS) is 11.5. The van der Waals surface area contributed by atoms with Gasteiger partial charge in [-0.05, 0) is 31.0 Å². The number of nitrogens with two attached hydrogens (primary N) is 1. The van der Waals surface area contributed by atoms with Crippen LogP contribution in [-0.4, -0.2) is 46.5 Å². The quantitative estimate of drug-likeness (QED) is 0.789. The Kier molecular flexibility index (Phi) is 5.82. The molecular formula is C13H19FN2O4S. The van der Waals surface area contributed by atoms with Crippen LogP contribution < -0.4 is 5.14 Å². The van der Waals surface area contributed by atoms with Crippen LogP contribution in [0.1, 0.15) is 22.3 Å². The summed E-state index contributed by atoms with van der Waals surface area (Å²) in [5.74, 6) is -1.29. The third-order valence-corrected chi connectivity index (χ3v) is 4.09. The zero-order valence-electron chi connectivity index (χ0n) is 12.2. The summed E-state index contributed by atoms with van der Waals surface area (Å²) in [6.45, 7) is 2.32. The van der Waals surface area contributed by atoms with Gasteiger partial charge in [-0.3, -0.25) is 4.79 Å². The van der Waals surface area contributed by atoms with E-state index in [0.717, 1.165) is 12.1 Å². The van der Waals surface area contributed by atoms with Crippen molar-refractivity contribution >= 4 is 15.9 Å². The standard InChI is InChI=1S/C13H19FN2O4S/c1-9-11(13(17)16(2)5-4-6-20-3)7-10(14)8-12(9)21(15,18)19/h7-8H,4-6H2,1-3H3,(H2,15,18,19). The Morgan fingerprint density at radius 1 is 1.43 bits per heavy atom. The minimum absolute atomic E-state index is 0.0149. The number of carbonyl (C=O) groups is 1. The number of nitrogens with zero attached hydrogens (tertiary/aromatic N) is 1. The number of ether oxygens (including phenoxy) is 1. The first-order valence-corrected chi connectivity index (χ1v) is 7.80. The van der Waals surface area contributed by atoms with E-state index in [1.807, 2.05) is 0 Å². The number of sulfonamides is 1. The first kappa shape index (κ1) is 17.5. The van der Waals surface area contributed by atoms with E-state index in [1.54, 1.807) is 14.2 Å². The van der Waals surface area contributed by atoms with Crippen LogP contribution in [0.25, 0.3) is 0 Å². The number of rotatable bonds is 6. The van der Waals surface area contributed by atoms with Crippen molar-refractivity contribution in [2.75, 3.05) is 27.3 Å². The van der Waals surface area contributed by atoms with E-state index in [2.05, 4.69) is 0 Å². The van der Waals surface area contributed by atoms with Crippen molar-refractivity contribution < 1.29 is 22.3 Å². The van der Waals surface area contributed by atoms with Crippen molar-refractivity contribution in [3.05, 3.63) is 29.1 Å². The average Bonchev–Trinajstić information content (AvgIpc) is 2.39. The maximum Gasteiger partial charge on any atom is 0.254 e. The molecule has 1 amide bonds. The predicted molar refractivity (Wildman–Crippen MR) is 76.0 cm³/mol. The maximum absolute atomic E-state index is 13.6. The Hall–Kier alpha value is -1.51. The molecule has 0 heterocycles. The Morgan fingerprint density at radius 3 is 2.57 bits per heavy atom. The largest absolute Gasteiger partial charge is 0.385 e. The van der Waals surface area contributed by atoms with Crippen LogP contribution in [0, 0.1) is 12.7 Å². The molecule has 0 aliphatic carbocycles. The molecule has 0 spiro atoms. The summed E-state index contributed by atoms with van der Waals surface area (Å²) in [6, 6.07) is 1.82. The minimum atomic E-state index is -4.09. The van der Waals surface area contributed by atoms with Crippen molar-refractivity contribution in [1.82, 2.24) is 4.90 Å². The maximum atomic E-state index is 13.6. The van der Waals surface area contributed by atoms with Gasteiger partial charge in [0.05, 0.1) is 4.90 Å². The van der Waals surface area contributed by atoms with Crippen LogP contribution in [0.15, 0.2) is 17.0 Å². The van der Waals surface area contributed by atoms with Gasteiger partial charge in [-0.15, -0.1) is 0 Å². The molecule has 0 bridgehead atoms. The van der Waals surface area contributed by atoms with E-state index in [-0.39, 0.29) is 16.0 Å². The molecule has 1 aromatic carbocycles. The fraction of sp³-hybridized carbons (Fsp3) is 0.462. The lowest BCUT2D eigenvalue weighted by Crippen LogP contribution is -2.29. The van der Waals surface area contributed by atoms with Crippen molar-refractivity contribution in [1.29, 1.82) is 0 Å². The number of halogens is 1.